The van der Waals surface area contributed by atoms with Crippen LogP contribution in [0.1, 0.15) is 48.6 Å². The molecule has 0 saturated heterocycles. The van der Waals surface area contributed by atoms with Crippen molar-refractivity contribution in [1.29, 1.82) is 0 Å². The third kappa shape index (κ3) is 4.10. The normalized spacial score (nSPS) is 14.6. The van der Waals surface area contributed by atoms with Gasteiger partial charge in [0, 0.05) is 9.75 Å². The zero-order valence-electron chi connectivity index (χ0n) is 11.9. The maximum absolute atomic E-state index is 11.9. The van der Waals surface area contributed by atoms with E-state index in [9.17, 15) is 4.79 Å². The fourth-order valence-electron chi connectivity index (χ4n) is 2.09. The molecule has 0 aliphatic heterocycles. The van der Waals surface area contributed by atoms with Gasteiger partial charge >= 0.3 is 0 Å². The van der Waals surface area contributed by atoms with Crippen LogP contribution in [0.4, 0.5) is 0 Å². The van der Waals surface area contributed by atoms with Gasteiger partial charge in [0.2, 0.25) is 5.91 Å². The van der Waals surface area contributed by atoms with Gasteiger partial charge in [-0.2, -0.15) is 0 Å². The number of aryl methyl sites for hydroxylation is 2. The van der Waals surface area contributed by atoms with Gasteiger partial charge < -0.3 is 11.1 Å². The van der Waals surface area contributed by atoms with E-state index >= 15 is 0 Å². The van der Waals surface area contributed by atoms with E-state index in [0.717, 1.165) is 6.42 Å². The van der Waals surface area contributed by atoms with Gasteiger partial charge in [0.25, 0.3) is 0 Å². The van der Waals surface area contributed by atoms with Crippen molar-refractivity contribution in [1.82, 2.24) is 5.32 Å². The number of nitrogens with two attached hydrogens (primary N) is 1. The first-order valence-corrected chi connectivity index (χ1v) is 7.25. The van der Waals surface area contributed by atoms with E-state index in [1.807, 2.05) is 6.92 Å². The molecule has 1 amide bonds. The highest BCUT2D eigenvalue weighted by atomic mass is 32.1. The Labute approximate surface area is 114 Å². The summed E-state index contributed by atoms with van der Waals surface area (Å²) < 4.78 is 0. The zero-order valence-corrected chi connectivity index (χ0v) is 12.7. The number of carbonyl (C=O) groups excluding carboxylic acids is 1. The van der Waals surface area contributed by atoms with Gasteiger partial charge in [0.15, 0.2) is 0 Å². The standard InChI is InChI=1S/C14H24N2OS/c1-8(2)6-13(15)14(17)16-10(4)12-7-9(3)18-11(12)5/h7-8,10,13H,6,15H2,1-5H3,(H,16,17)/t10?,13-/m0/s1. The van der Waals surface area contributed by atoms with Crippen molar-refractivity contribution in [3.8, 4) is 0 Å². The van der Waals surface area contributed by atoms with E-state index in [1.54, 1.807) is 11.3 Å². The van der Waals surface area contributed by atoms with Gasteiger partial charge in [-0.15, -0.1) is 11.3 Å². The molecule has 2 atom stereocenters. The fourth-order valence-corrected chi connectivity index (χ4v) is 3.12. The summed E-state index contributed by atoms with van der Waals surface area (Å²) >= 11 is 1.76. The molecule has 3 N–H and O–H groups in total. The smallest absolute Gasteiger partial charge is 0.237 e. The highest BCUT2D eigenvalue weighted by molar-refractivity contribution is 7.12. The van der Waals surface area contributed by atoms with E-state index in [0.29, 0.717) is 5.92 Å². The maximum Gasteiger partial charge on any atom is 0.237 e. The van der Waals surface area contributed by atoms with Crippen LogP contribution < -0.4 is 11.1 Å². The van der Waals surface area contributed by atoms with Gasteiger partial charge in [0.05, 0.1) is 12.1 Å². The number of thiophene rings is 1. The summed E-state index contributed by atoms with van der Waals surface area (Å²) in [6.45, 7) is 10.3. The molecule has 0 saturated carbocycles. The summed E-state index contributed by atoms with van der Waals surface area (Å²) in [7, 11) is 0. The van der Waals surface area contributed by atoms with Crippen molar-refractivity contribution in [2.24, 2.45) is 11.7 Å². The Bertz CT molecular complexity index is 412. The molecule has 1 aromatic heterocycles. The van der Waals surface area contributed by atoms with Crippen LogP contribution in [0.5, 0.6) is 0 Å². The minimum atomic E-state index is -0.410. The Hall–Kier alpha value is -0.870. The predicted molar refractivity (Wildman–Crippen MR) is 77.8 cm³/mol. The molecule has 102 valence electrons. The molecule has 0 bridgehead atoms. The average Bonchev–Trinajstić information content (AvgIpc) is 2.56. The summed E-state index contributed by atoms with van der Waals surface area (Å²) in [4.78, 5) is 14.5. The van der Waals surface area contributed by atoms with Crippen molar-refractivity contribution in [3.63, 3.8) is 0 Å². The zero-order chi connectivity index (χ0) is 13.9. The molecule has 1 heterocycles. The first kappa shape index (κ1) is 15.2. The third-order valence-electron chi connectivity index (χ3n) is 2.97. The molecule has 0 fully saturated rings. The number of hydrogen-bond acceptors (Lipinski definition) is 3. The molecule has 4 heteroatoms. The first-order chi connectivity index (χ1) is 8.31. The lowest BCUT2D eigenvalue weighted by atomic mass is 10.0. The highest BCUT2D eigenvalue weighted by Crippen LogP contribution is 2.26. The number of rotatable bonds is 5. The van der Waals surface area contributed by atoms with Crippen LogP contribution in [-0.4, -0.2) is 11.9 Å². The number of nitrogens with one attached hydrogen (secondary N) is 1. The summed E-state index contributed by atoms with van der Waals surface area (Å²) in [5, 5.41) is 3.00. The van der Waals surface area contributed by atoms with Crippen LogP contribution in [-0.2, 0) is 4.79 Å². The summed E-state index contributed by atoms with van der Waals surface area (Å²) in [5.41, 5.74) is 7.08. The molecule has 0 aliphatic rings. The van der Waals surface area contributed by atoms with Crippen molar-refractivity contribution in [3.05, 3.63) is 21.4 Å². The van der Waals surface area contributed by atoms with E-state index < -0.39 is 6.04 Å². The lowest BCUT2D eigenvalue weighted by molar-refractivity contribution is -0.123. The topological polar surface area (TPSA) is 55.1 Å². The van der Waals surface area contributed by atoms with Gasteiger partial charge in [-0.3, -0.25) is 4.79 Å². The molecule has 1 aromatic rings. The summed E-state index contributed by atoms with van der Waals surface area (Å²) in [5.74, 6) is 0.380. The molecule has 18 heavy (non-hydrogen) atoms. The van der Waals surface area contributed by atoms with Gasteiger partial charge in [-0.25, -0.2) is 0 Å². The molecule has 0 aromatic carbocycles. The van der Waals surface area contributed by atoms with Crippen molar-refractivity contribution in [2.75, 3.05) is 0 Å². The van der Waals surface area contributed by atoms with Crippen LogP contribution >= 0.6 is 11.3 Å². The van der Waals surface area contributed by atoms with Gasteiger partial charge in [-0.1, -0.05) is 13.8 Å². The predicted octanol–water partition coefficient (Wildman–Crippen LogP) is 2.92. The molecule has 0 radical (unpaired) electrons. The minimum absolute atomic E-state index is 0.0284. The highest BCUT2D eigenvalue weighted by Gasteiger charge is 2.19. The van der Waals surface area contributed by atoms with E-state index in [-0.39, 0.29) is 11.9 Å². The molecular formula is C14H24N2OS. The quantitative estimate of drug-likeness (QED) is 0.862. The van der Waals surface area contributed by atoms with E-state index in [2.05, 4.69) is 39.1 Å². The Kier molecular flexibility index (Phi) is 5.35. The molecule has 1 unspecified atom stereocenters. The van der Waals surface area contributed by atoms with Crippen molar-refractivity contribution in [2.45, 2.75) is 53.1 Å². The Morgan fingerprint density at radius 1 is 1.39 bits per heavy atom. The Morgan fingerprint density at radius 3 is 2.44 bits per heavy atom. The fraction of sp³-hybridized carbons (Fsp3) is 0.643. The van der Waals surface area contributed by atoms with Crippen LogP contribution in [0.15, 0.2) is 6.07 Å². The van der Waals surface area contributed by atoms with E-state index in [4.69, 9.17) is 5.73 Å². The van der Waals surface area contributed by atoms with Crippen LogP contribution in [0.25, 0.3) is 0 Å². The number of hydrogen-bond donors (Lipinski definition) is 2. The maximum atomic E-state index is 11.9. The van der Waals surface area contributed by atoms with Crippen LogP contribution in [0, 0.1) is 19.8 Å². The molecule has 0 spiro atoms. The van der Waals surface area contributed by atoms with Gasteiger partial charge in [0.1, 0.15) is 0 Å². The number of carbonyl (C=O) groups is 1. The molecule has 1 rings (SSSR count). The molecular weight excluding hydrogens is 244 g/mol. The average molecular weight is 268 g/mol. The Balaban J connectivity index is 2.62. The third-order valence-corrected chi connectivity index (χ3v) is 3.95. The lowest BCUT2D eigenvalue weighted by Gasteiger charge is -2.18. The summed E-state index contributed by atoms with van der Waals surface area (Å²) in [6, 6.07) is 1.76. The van der Waals surface area contributed by atoms with Gasteiger partial charge in [-0.05, 0) is 44.7 Å². The van der Waals surface area contributed by atoms with Crippen molar-refractivity contribution >= 4 is 17.2 Å². The minimum Gasteiger partial charge on any atom is -0.348 e. The second-order valence-corrected chi connectivity index (χ2v) is 6.80. The van der Waals surface area contributed by atoms with Crippen LogP contribution in [0.2, 0.25) is 0 Å². The Morgan fingerprint density at radius 2 is 2.00 bits per heavy atom. The largest absolute Gasteiger partial charge is 0.348 e. The second kappa shape index (κ2) is 6.34. The SMILES string of the molecule is Cc1cc(C(C)NC(=O)[C@@H](N)CC(C)C)c(C)s1. The number of amides is 1. The van der Waals surface area contributed by atoms with E-state index in [1.165, 1.54) is 15.3 Å². The molecule has 0 aliphatic carbocycles. The summed E-state index contributed by atoms with van der Waals surface area (Å²) in [6.07, 6.45) is 0.722. The van der Waals surface area contributed by atoms with Crippen LogP contribution in [0.3, 0.4) is 0 Å². The first-order valence-electron chi connectivity index (χ1n) is 6.44. The second-order valence-electron chi connectivity index (χ2n) is 5.33. The van der Waals surface area contributed by atoms with Crippen molar-refractivity contribution < 1.29 is 4.79 Å². The monoisotopic (exact) mass is 268 g/mol. The molecule has 3 nitrogen and oxygen atoms in total. The lowest BCUT2D eigenvalue weighted by Crippen LogP contribution is -2.42.